The number of rotatable bonds is 8. The summed E-state index contributed by atoms with van der Waals surface area (Å²) in [6.45, 7) is 3.77. The first-order valence-corrected chi connectivity index (χ1v) is 10.9. The first kappa shape index (κ1) is 20.7. The lowest BCUT2D eigenvalue weighted by atomic mass is 10.0. The minimum absolute atomic E-state index is 0.109. The first-order valence-electron chi connectivity index (χ1n) is 9.43. The lowest BCUT2D eigenvalue weighted by Gasteiger charge is -2.12. The molecule has 2 aromatic carbocycles. The molecule has 6 heteroatoms. The van der Waals surface area contributed by atoms with Crippen LogP contribution in [0.15, 0.2) is 71.9 Å². The van der Waals surface area contributed by atoms with E-state index in [0.717, 1.165) is 22.3 Å². The van der Waals surface area contributed by atoms with Gasteiger partial charge < -0.3 is 0 Å². The molecule has 5 nitrogen and oxygen atoms in total. The van der Waals surface area contributed by atoms with Crippen LogP contribution in [0, 0.1) is 13.8 Å². The average Bonchev–Trinajstić information content (AvgIpc) is 2.70. The second-order valence-electron chi connectivity index (χ2n) is 7.14. The van der Waals surface area contributed by atoms with E-state index in [1.54, 1.807) is 24.5 Å². The van der Waals surface area contributed by atoms with E-state index in [1.165, 1.54) is 12.1 Å². The number of carbonyl (C=O) groups is 1. The lowest BCUT2D eigenvalue weighted by Crippen LogP contribution is -2.14. The quantitative estimate of drug-likeness (QED) is 0.605. The van der Waals surface area contributed by atoms with Gasteiger partial charge in [0.25, 0.3) is 10.0 Å². The summed E-state index contributed by atoms with van der Waals surface area (Å²) in [6, 6.07) is 15.9. The normalized spacial score (nSPS) is 11.2. The van der Waals surface area contributed by atoms with Gasteiger partial charge in [0.1, 0.15) is 5.78 Å². The maximum atomic E-state index is 12.7. The molecule has 0 unspecified atom stereocenters. The molecule has 0 spiro atoms. The van der Waals surface area contributed by atoms with Gasteiger partial charge in [-0.15, -0.1) is 0 Å². The topological polar surface area (TPSA) is 76.1 Å². The Morgan fingerprint density at radius 2 is 1.76 bits per heavy atom. The number of nitrogens with one attached hydrogen (secondary N) is 1. The van der Waals surface area contributed by atoms with Crippen molar-refractivity contribution >= 4 is 21.5 Å². The van der Waals surface area contributed by atoms with Crippen molar-refractivity contribution in [1.29, 1.82) is 0 Å². The highest BCUT2D eigenvalue weighted by Gasteiger charge is 2.16. The SMILES string of the molecule is Cc1ccc(C)c(NS(=O)(=O)c2ccc(CC(=O)CCc3cccnc3)cc2)c1. The predicted octanol–water partition coefficient (Wildman–Crippen LogP) is 4.24. The van der Waals surface area contributed by atoms with E-state index in [9.17, 15) is 13.2 Å². The summed E-state index contributed by atoms with van der Waals surface area (Å²) in [7, 11) is -3.69. The molecule has 150 valence electrons. The molecule has 0 radical (unpaired) electrons. The van der Waals surface area contributed by atoms with Gasteiger partial charge in [-0.2, -0.15) is 0 Å². The maximum absolute atomic E-state index is 12.7. The number of hydrogen-bond donors (Lipinski definition) is 1. The van der Waals surface area contributed by atoms with Crippen LogP contribution >= 0.6 is 0 Å². The average molecular weight is 409 g/mol. The van der Waals surface area contributed by atoms with Crippen molar-refractivity contribution in [2.75, 3.05) is 4.72 Å². The minimum atomic E-state index is -3.69. The number of benzene rings is 2. The van der Waals surface area contributed by atoms with Crippen LogP contribution in [-0.4, -0.2) is 19.2 Å². The Morgan fingerprint density at radius 1 is 1.00 bits per heavy atom. The Hall–Kier alpha value is -2.99. The van der Waals surface area contributed by atoms with Gasteiger partial charge in [-0.05, 0) is 66.8 Å². The van der Waals surface area contributed by atoms with Crippen molar-refractivity contribution in [2.45, 2.75) is 38.0 Å². The number of aryl methyl sites for hydroxylation is 3. The van der Waals surface area contributed by atoms with Gasteiger partial charge >= 0.3 is 0 Å². The van der Waals surface area contributed by atoms with Crippen LogP contribution in [-0.2, 0) is 27.7 Å². The van der Waals surface area contributed by atoms with Gasteiger partial charge in [0.15, 0.2) is 0 Å². The number of anilines is 1. The number of pyridine rings is 1. The molecule has 0 aliphatic carbocycles. The molecular weight excluding hydrogens is 384 g/mol. The van der Waals surface area contributed by atoms with Crippen LogP contribution < -0.4 is 4.72 Å². The minimum Gasteiger partial charge on any atom is -0.299 e. The fourth-order valence-corrected chi connectivity index (χ4v) is 4.10. The highest BCUT2D eigenvalue weighted by atomic mass is 32.2. The van der Waals surface area contributed by atoms with E-state index in [1.807, 2.05) is 44.2 Å². The molecular formula is C23H24N2O3S. The molecule has 0 bridgehead atoms. The van der Waals surface area contributed by atoms with Crippen LogP contribution in [0.4, 0.5) is 5.69 Å². The fraction of sp³-hybridized carbons (Fsp3) is 0.217. The molecule has 0 aliphatic rings. The Labute approximate surface area is 171 Å². The van der Waals surface area contributed by atoms with Crippen molar-refractivity contribution in [3.05, 3.63) is 89.2 Å². The van der Waals surface area contributed by atoms with Crippen molar-refractivity contribution in [3.63, 3.8) is 0 Å². The molecule has 3 rings (SSSR count). The fourth-order valence-electron chi connectivity index (χ4n) is 2.98. The monoisotopic (exact) mass is 408 g/mol. The Morgan fingerprint density at radius 3 is 2.45 bits per heavy atom. The molecule has 0 saturated carbocycles. The Balaban J connectivity index is 1.63. The summed E-state index contributed by atoms with van der Waals surface area (Å²) in [5, 5.41) is 0. The first-order chi connectivity index (χ1) is 13.8. The zero-order chi connectivity index (χ0) is 20.9. The zero-order valence-corrected chi connectivity index (χ0v) is 17.4. The smallest absolute Gasteiger partial charge is 0.261 e. The van der Waals surface area contributed by atoms with E-state index in [-0.39, 0.29) is 17.1 Å². The molecule has 1 N–H and O–H groups in total. The van der Waals surface area contributed by atoms with E-state index in [2.05, 4.69) is 9.71 Å². The molecule has 0 fully saturated rings. The van der Waals surface area contributed by atoms with E-state index in [0.29, 0.717) is 18.5 Å². The highest BCUT2D eigenvalue weighted by molar-refractivity contribution is 7.92. The molecule has 0 amide bonds. The molecule has 1 heterocycles. The summed E-state index contributed by atoms with van der Waals surface area (Å²) in [4.78, 5) is 16.4. The van der Waals surface area contributed by atoms with Crippen molar-refractivity contribution < 1.29 is 13.2 Å². The number of sulfonamides is 1. The molecule has 1 aromatic heterocycles. The van der Waals surface area contributed by atoms with Gasteiger partial charge in [0.05, 0.1) is 10.6 Å². The third kappa shape index (κ3) is 5.74. The third-order valence-corrected chi connectivity index (χ3v) is 6.07. The van der Waals surface area contributed by atoms with Crippen LogP contribution in [0.25, 0.3) is 0 Å². The summed E-state index contributed by atoms with van der Waals surface area (Å²) in [6.07, 6.45) is 4.83. The van der Waals surface area contributed by atoms with E-state index < -0.39 is 10.0 Å². The van der Waals surface area contributed by atoms with Gasteiger partial charge in [-0.1, -0.05) is 30.3 Å². The van der Waals surface area contributed by atoms with Crippen LogP contribution in [0.5, 0.6) is 0 Å². The standard InChI is InChI=1S/C23H24N2O3S/c1-17-5-6-18(2)23(14-17)25-29(27,28)22-11-8-19(9-12-22)15-21(26)10-7-20-4-3-13-24-16-20/h3-6,8-9,11-14,16,25H,7,10,15H2,1-2H3. The second kappa shape index (κ2) is 9.01. The summed E-state index contributed by atoms with van der Waals surface area (Å²) >= 11 is 0. The van der Waals surface area contributed by atoms with E-state index >= 15 is 0 Å². The second-order valence-corrected chi connectivity index (χ2v) is 8.83. The maximum Gasteiger partial charge on any atom is 0.261 e. The lowest BCUT2D eigenvalue weighted by molar-refractivity contribution is -0.118. The number of nitrogens with zero attached hydrogens (tertiary/aromatic N) is 1. The number of Topliss-reactive ketones (excluding diaryl/α,β-unsaturated/α-hetero) is 1. The van der Waals surface area contributed by atoms with Crippen LogP contribution in [0.2, 0.25) is 0 Å². The van der Waals surface area contributed by atoms with Gasteiger partial charge in [-0.3, -0.25) is 14.5 Å². The molecule has 0 aliphatic heterocycles. The van der Waals surface area contributed by atoms with Crippen LogP contribution in [0.3, 0.4) is 0 Å². The molecule has 0 saturated heterocycles. The van der Waals surface area contributed by atoms with Crippen molar-refractivity contribution in [1.82, 2.24) is 4.98 Å². The van der Waals surface area contributed by atoms with Crippen molar-refractivity contribution in [3.8, 4) is 0 Å². The number of hydrogen-bond acceptors (Lipinski definition) is 4. The largest absolute Gasteiger partial charge is 0.299 e. The van der Waals surface area contributed by atoms with E-state index in [4.69, 9.17) is 0 Å². The van der Waals surface area contributed by atoms with Gasteiger partial charge in [-0.25, -0.2) is 8.42 Å². The predicted molar refractivity (Wildman–Crippen MR) is 114 cm³/mol. The van der Waals surface area contributed by atoms with Gasteiger partial charge in [0, 0.05) is 25.2 Å². The number of ketones is 1. The number of carbonyl (C=O) groups excluding carboxylic acids is 1. The summed E-state index contributed by atoms with van der Waals surface area (Å²) in [5.74, 6) is 0.109. The van der Waals surface area contributed by atoms with Crippen molar-refractivity contribution in [2.24, 2.45) is 0 Å². The molecule has 29 heavy (non-hydrogen) atoms. The Kier molecular flexibility index (Phi) is 6.44. The third-order valence-electron chi connectivity index (χ3n) is 4.69. The summed E-state index contributed by atoms with van der Waals surface area (Å²) < 4.78 is 28.0. The molecule has 3 aromatic rings. The molecule has 0 atom stereocenters. The highest BCUT2D eigenvalue weighted by Crippen LogP contribution is 2.21. The van der Waals surface area contributed by atoms with Gasteiger partial charge in [0.2, 0.25) is 0 Å². The Bertz CT molecular complexity index is 1090. The summed E-state index contributed by atoms with van der Waals surface area (Å²) in [5.41, 5.74) is 4.23. The van der Waals surface area contributed by atoms with Crippen LogP contribution in [0.1, 0.15) is 28.7 Å². The number of aromatic nitrogens is 1. The zero-order valence-electron chi connectivity index (χ0n) is 16.6.